The van der Waals surface area contributed by atoms with Gasteiger partial charge in [0.25, 0.3) is 10.2 Å². The summed E-state index contributed by atoms with van der Waals surface area (Å²) in [7, 11) is -1.89. The Morgan fingerprint density at radius 2 is 2.15 bits per heavy atom. The van der Waals surface area contributed by atoms with Crippen molar-refractivity contribution in [3.8, 4) is 0 Å². The molecule has 1 unspecified atom stereocenters. The Balaban J connectivity index is 0.00000361. The van der Waals surface area contributed by atoms with Crippen molar-refractivity contribution in [3.63, 3.8) is 0 Å². The number of halogens is 1. The molecule has 1 aliphatic heterocycles. The Labute approximate surface area is 127 Å². The van der Waals surface area contributed by atoms with Gasteiger partial charge < -0.3 is 11.1 Å². The molecule has 0 spiro atoms. The first-order chi connectivity index (χ1) is 8.93. The maximum atomic E-state index is 12.2. The number of nitrogens with one attached hydrogen (secondary N) is 1. The molecule has 1 saturated heterocycles. The SMILES string of the molecule is CCN(C)S(=O)(=O)N1CCCC(C(=O)NCCN)C1.Cl. The van der Waals surface area contributed by atoms with Crippen molar-refractivity contribution in [1.82, 2.24) is 13.9 Å². The number of nitrogens with zero attached hydrogens (tertiary/aromatic N) is 2. The topological polar surface area (TPSA) is 95.7 Å². The minimum absolute atomic E-state index is 0. The van der Waals surface area contributed by atoms with E-state index < -0.39 is 10.2 Å². The Bertz CT molecular complexity index is 404. The summed E-state index contributed by atoms with van der Waals surface area (Å²) in [5, 5.41) is 2.72. The molecule has 0 aromatic carbocycles. The first-order valence-corrected chi connectivity index (χ1v) is 8.02. The molecule has 0 aromatic rings. The van der Waals surface area contributed by atoms with Crippen LogP contribution < -0.4 is 11.1 Å². The lowest BCUT2D eigenvalue weighted by atomic mass is 9.99. The van der Waals surface area contributed by atoms with Gasteiger partial charge in [0.15, 0.2) is 0 Å². The van der Waals surface area contributed by atoms with Crippen LogP contribution in [-0.2, 0) is 15.0 Å². The van der Waals surface area contributed by atoms with Crippen molar-refractivity contribution in [2.45, 2.75) is 19.8 Å². The fourth-order valence-corrected chi connectivity index (χ4v) is 3.51. The fourth-order valence-electron chi connectivity index (χ4n) is 2.07. The van der Waals surface area contributed by atoms with Gasteiger partial charge in [-0.05, 0) is 12.8 Å². The maximum absolute atomic E-state index is 12.2. The van der Waals surface area contributed by atoms with Crippen molar-refractivity contribution < 1.29 is 13.2 Å². The standard InChI is InChI=1S/C11H24N4O3S.ClH/c1-3-14(2)19(17,18)15-8-4-5-10(9-15)11(16)13-7-6-12;/h10H,3-9,12H2,1-2H3,(H,13,16);1H. The summed E-state index contributed by atoms with van der Waals surface area (Å²) >= 11 is 0. The van der Waals surface area contributed by atoms with E-state index >= 15 is 0 Å². The van der Waals surface area contributed by atoms with Crippen LogP contribution in [0.15, 0.2) is 0 Å². The van der Waals surface area contributed by atoms with E-state index in [0.29, 0.717) is 32.6 Å². The quantitative estimate of drug-likeness (QED) is 0.680. The van der Waals surface area contributed by atoms with Crippen LogP contribution >= 0.6 is 12.4 Å². The lowest BCUT2D eigenvalue weighted by Gasteiger charge is -2.33. The van der Waals surface area contributed by atoms with Gasteiger partial charge in [-0.25, -0.2) is 0 Å². The van der Waals surface area contributed by atoms with Gasteiger partial charge >= 0.3 is 0 Å². The molecule has 1 heterocycles. The Hall–Kier alpha value is -0.410. The minimum atomic E-state index is -3.44. The molecule has 0 bridgehead atoms. The summed E-state index contributed by atoms with van der Waals surface area (Å²) in [6.07, 6.45) is 1.43. The minimum Gasteiger partial charge on any atom is -0.355 e. The molecular formula is C11H25ClN4O3S. The predicted octanol–water partition coefficient (Wildman–Crippen LogP) is -0.608. The first-order valence-electron chi connectivity index (χ1n) is 6.62. The second-order valence-corrected chi connectivity index (χ2v) is 6.73. The molecule has 0 radical (unpaired) electrons. The third kappa shape index (κ3) is 4.85. The van der Waals surface area contributed by atoms with Crippen LogP contribution in [-0.4, -0.2) is 62.7 Å². The van der Waals surface area contributed by atoms with Crippen LogP contribution in [0.4, 0.5) is 0 Å². The van der Waals surface area contributed by atoms with E-state index in [1.807, 2.05) is 0 Å². The molecule has 1 amide bonds. The van der Waals surface area contributed by atoms with E-state index in [2.05, 4.69) is 5.32 Å². The zero-order valence-electron chi connectivity index (χ0n) is 12.0. The molecule has 1 atom stereocenters. The molecule has 9 heteroatoms. The van der Waals surface area contributed by atoms with Gasteiger partial charge in [0, 0.05) is 39.8 Å². The van der Waals surface area contributed by atoms with Crippen molar-refractivity contribution in [2.24, 2.45) is 11.7 Å². The van der Waals surface area contributed by atoms with Gasteiger partial charge in [-0.3, -0.25) is 4.79 Å². The second kappa shape index (κ2) is 8.78. The monoisotopic (exact) mass is 328 g/mol. The van der Waals surface area contributed by atoms with Crippen molar-refractivity contribution in [3.05, 3.63) is 0 Å². The van der Waals surface area contributed by atoms with Gasteiger partial charge in [0.05, 0.1) is 5.92 Å². The highest BCUT2D eigenvalue weighted by atomic mass is 35.5. The Morgan fingerprint density at radius 1 is 1.50 bits per heavy atom. The Morgan fingerprint density at radius 3 is 2.70 bits per heavy atom. The lowest BCUT2D eigenvalue weighted by molar-refractivity contribution is -0.126. The van der Waals surface area contributed by atoms with Crippen LogP contribution in [0.5, 0.6) is 0 Å². The second-order valence-electron chi connectivity index (χ2n) is 4.70. The van der Waals surface area contributed by atoms with Gasteiger partial charge in [0.1, 0.15) is 0 Å². The van der Waals surface area contributed by atoms with Crippen LogP contribution in [0.25, 0.3) is 0 Å². The van der Waals surface area contributed by atoms with E-state index in [0.717, 1.165) is 6.42 Å². The first kappa shape index (κ1) is 19.6. The van der Waals surface area contributed by atoms with Crippen LogP contribution in [0.3, 0.4) is 0 Å². The molecule has 0 saturated carbocycles. The summed E-state index contributed by atoms with van der Waals surface area (Å²) in [5.74, 6) is -0.384. The van der Waals surface area contributed by atoms with Crippen LogP contribution in [0.1, 0.15) is 19.8 Å². The highest BCUT2D eigenvalue weighted by Crippen LogP contribution is 2.20. The largest absolute Gasteiger partial charge is 0.355 e. The van der Waals surface area contributed by atoms with Crippen LogP contribution in [0.2, 0.25) is 0 Å². The van der Waals surface area contributed by atoms with Crippen molar-refractivity contribution >= 4 is 28.5 Å². The fraction of sp³-hybridized carbons (Fsp3) is 0.909. The van der Waals surface area contributed by atoms with E-state index in [1.54, 1.807) is 14.0 Å². The van der Waals surface area contributed by atoms with Gasteiger partial charge in [-0.2, -0.15) is 17.0 Å². The maximum Gasteiger partial charge on any atom is 0.281 e. The summed E-state index contributed by atoms with van der Waals surface area (Å²) in [5.41, 5.74) is 5.33. The molecule has 3 N–H and O–H groups in total. The highest BCUT2D eigenvalue weighted by Gasteiger charge is 2.33. The molecule has 1 rings (SSSR count). The zero-order valence-corrected chi connectivity index (χ0v) is 13.7. The van der Waals surface area contributed by atoms with Crippen molar-refractivity contribution in [1.29, 1.82) is 0 Å². The molecule has 1 fully saturated rings. The van der Waals surface area contributed by atoms with E-state index in [-0.39, 0.29) is 30.8 Å². The Kier molecular flexibility index (Phi) is 8.60. The number of piperidine rings is 1. The normalized spacial score (nSPS) is 20.5. The molecule has 120 valence electrons. The number of nitrogens with two attached hydrogens (primary N) is 1. The zero-order chi connectivity index (χ0) is 14.5. The van der Waals surface area contributed by atoms with Gasteiger partial charge in [-0.1, -0.05) is 6.92 Å². The van der Waals surface area contributed by atoms with E-state index in [4.69, 9.17) is 5.73 Å². The molecular weight excluding hydrogens is 304 g/mol. The third-order valence-electron chi connectivity index (χ3n) is 3.36. The molecule has 20 heavy (non-hydrogen) atoms. The molecule has 0 aliphatic carbocycles. The molecule has 7 nitrogen and oxygen atoms in total. The number of amides is 1. The average molecular weight is 329 g/mol. The van der Waals surface area contributed by atoms with Crippen LogP contribution in [0, 0.1) is 5.92 Å². The number of carbonyl (C=O) groups is 1. The summed E-state index contributed by atoms with van der Waals surface area (Å²) < 4.78 is 27.1. The number of rotatable bonds is 6. The van der Waals surface area contributed by atoms with Gasteiger partial charge in [-0.15, -0.1) is 12.4 Å². The number of hydrogen-bond donors (Lipinski definition) is 2. The predicted molar refractivity (Wildman–Crippen MR) is 80.8 cm³/mol. The van der Waals surface area contributed by atoms with E-state index in [9.17, 15) is 13.2 Å². The summed E-state index contributed by atoms with van der Waals surface area (Å²) in [4.78, 5) is 11.9. The molecule has 1 aliphatic rings. The number of hydrogen-bond acceptors (Lipinski definition) is 4. The highest BCUT2D eigenvalue weighted by molar-refractivity contribution is 7.86. The smallest absolute Gasteiger partial charge is 0.281 e. The van der Waals surface area contributed by atoms with E-state index in [1.165, 1.54) is 8.61 Å². The summed E-state index contributed by atoms with van der Waals surface area (Å²) in [6, 6.07) is 0. The van der Waals surface area contributed by atoms with Gasteiger partial charge in [0.2, 0.25) is 5.91 Å². The summed E-state index contributed by atoms with van der Waals surface area (Å²) in [6.45, 7) is 3.75. The third-order valence-corrected chi connectivity index (χ3v) is 5.39. The lowest BCUT2D eigenvalue weighted by Crippen LogP contribution is -2.49. The molecule has 0 aromatic heterocycles. The van der Waals surface area contributed by atoms with Crippen molar-refractivity contribution in [2.75, 3.05) is 39.8 Å². The number of carbonyl (C=O) groups excluding carboxylic acids is 1. The average Bonchev–Trinajstić information content (AvgIpc) is 2.43.